The van der Waals surface area contributed by atoms with Crippen molar-refractivity contribution < 1.29 is 14.5 Å². The van der Waals surface area contributed by atoms with Crippen LogP contribution in [0.15, 0.2) is 15.5 Å². The second-order valence-electron chi connectivity index (χ2n) is 8.16. The Morgan fingerprint density at radius 1 is 0.455 bits per heavy atom. The molecule has 0 radical (unpaired) electrons. The third kappa shape index (κ3) is 5.01. The van der Waals surface area contributed by atoms with E-state index in [0.29, 0.717) is 17.9 Å². The van der Waals surface area contributed by atoms with Crippen LogP contribution in [0.2, 0.25) is 0 Å². The lowest BCUT2D eigenvalue weighted by Crippen LogP contribution is -2.29. The number of likely N-dealkylation sites (N-methyl/N-ethyl adjacent to an activating group) is 6. The van der Waals surface area contributed by atoms with Gasteiger partial charge in [-0.05, 0) is 15.5 Å². The highest BCUT2D eigenvalue weighted by molar-refractivity contribution is 5.81. The first-order valence-corrected chi connectivity index (χ1v) is 10.6. The minimum atomic E-state index is -0.0992. The molecule has 1 aromatic heterocycles. The molecule has 15 heteroatoms. The van der Waals surface area contributed by atoms with Crippen molar-refractivity contribution in [1.82, 2.24) is 44.4 Å². The highest BCUT2D eigenvalue weighted by Gasteiger charge is 2.24. The van der Waals surface area contributed by atoms with E-state index in [4.69, 9.17) is 14.5 Å². The van der Waals surface area contributed by atoms with Gasteiger partial charge in [0.15, 0.2) is 0 Å². The van der Waals surface area contributed by atoms with E-state index in [9.17, 15) is 0 Å². The van der Waals surface area contributed by atoms with Crippen molar-refractivity contribution >= 4 is 17.9 Å². The van der Waals surface area contributed by atoms with E-state index in [0.717, 1.165) is 39.3 Å². The number of hydrogen-bond acceptors (Lipinski definition) is 9. The summed E-state index contributed by atoms with van der Waals surface area (Å²) in [6.45, 7) is 5.06. The molecule has 1 aromatic rings. The summed E-state index contributed by atoms with van der Waals surface area (Å²) in [5.74, 6) is 1.97. The SMILES string of the molecule is CN1CCN(C)C1=NOc1nc(ON=C2N(C)CCN2C)nc(ON=C2N(C)CCN2C)n1. The summed E-state index contributed by atoms with van der Waals surface area (Å²) in [7, 11) is 11.6. The van der Waals surface area contributed by atoms with Crippen molar-refractivity contribution in [3.63, 3.8) is 0 Å². The zero-order valence-electron chi connectivity index (χ0n) is 19.8. The van der Waals surface area contributed by atoms with E-state index in [2.05, 4.69) is 30.4 Å². The van der Waals surface area contributed by atoms with Crippen LogP contribution in [0.5, 0.6) is 18.0 Å². The summed E-state index contributed by atoms with van der Waals surface area (Å²) in [6, 6.07) is -0.298. The van der Waals surface area contributed by atoms with E-state index in [-0.39, 0.29) is 18.0 Å². The van der Waals surface area contributed by atoms with Crippen LogP contribution in [0, 0.1) is 0 Å². The molecule has 4 heterocycles. The van der Waals surface area contributed by atoms with Crippen LogP contribution in [0.25, 0.3) is 0 Å². The molecule has 0 bridgehead atoms. The fraction of sp³-hybridized carbons (Fsp3) is 0.667. The molecular weight excluding hydrogens is 432 g/mol. The zero-order valence-corrected chi connectivity index (χ0v) is 19.8. The van der Waals surface area contributed by atoms with Crippen LogP contribution in [-0.4, -0.2) is 144 Å². The van der Waals surface area contributed by atoms with Gasteiger partial charge in [0.05, 0.1) is 0 Å². The fourth-order valence-electron chi connectivity index (χ4n) is 3.48. The van der Waals surface area contributed by atoms with E-state index >= 15 is 0 Å². The van der Waals surface area contributed by atoms with Gasteiger partial charge in [0.25, 0.3) is 0 Å². The second-order valence-corrected chi connectivity index (χ2v) is 8.16. The molecule has 3 saturated heterocycles. The minimum Gasteiger partial charge on any atom is -0.341 e. The number of hydrogen-bond donors (Lipinski definition) is 0. The summed E-state index contributed by atoms with van der Waals surface area (Å²) in [6.07, 6.45) is 0. The normalized spacial score (nSPS) is 18.5. The molecule has 0 amide bonds. The van der Waals surface area contributed by atoms with Gasteiger partial charge in [0, 0.05) is 81.6 Å². The molecule has 3 fully saturated rings. The standard InChI is InChI=1S/C18H30N12O3/c1-25-7-8-26(2)16(25)22-31-13-19-14(32-23-17-27(3)9-10-28(17)4)21-15(20-13)33-24-18-29(5)11-12-30(18)6/h7-12H2,1-6H3. The van der Waals surface area contributed by atoms with Crippen LogP contribution in [0.3, 0.4) is 0 Å². The lowest BCUT2D eigenvalue weighted by molar-refractivity contribution is 0.239. The Balaban J connectivity index is 1.57. The van der Waals surface area contributed by atoms with E-state index < -0.39 is 0 Å². The Bertz CT molecular complexity index is 786. The van der Waals surface area contributed by atoms with Crippen molar-refractivity contribution in [2.75, 3.05) is 81.6 Å². The fourth-order valence-corrected chi connectivity index (χ4v) is 3.48. The Hall–Kier alpha value is -3.78. The monoisotopic (exact) mass is 462 g/mol. The van der Waals surface area contributed by atoms with Gasteiger partial charge >= 0.3 is 18.0 Å². The lowest BCUT2D eigenvalue weighted by atomic mass is 10.6. The van der Waals surface area contributed by atoms with Crippen molar-refractivity contribution in [3.8, 4) is 18.0 Å². The number of guanidine groups is 3. The quantitative estimate of drug-likeness (QED) is 0.455. The van der Waals surface area contributed by atoms with Gasteiger partial charge in [-0.25, -0.2) is 0 Å². The van der Waals surface area contributed by atoms with Gasteiger partial charge in [-0.2, -0.15) is 0 Å². The van der Waals surface area contributed by atoms with Crippen LogP contribution in [0.1, 0.15) is 0 Å². The zero-order chi connectivity index (χ0) is 23.5. The molecule has 0 aliphatic carbocycles. The third-order valence-electron chi connectivity index (χ3n) is 5.56. The molecular formula is C18H30N12O3. The highest BCUT2D eigenvalue weighted by atomic mass is 16.7. The maximum absolute atomic E-state index is 5.48. The van der Waals surface area contributed by atoms with Crippen molar-refractivity contribution in [2.24, 2.45) is 15.5 Å². The summed E-state index contributed by atoms with van der Waals surface area (Å²) >= 11 is 0. The van der Waals surface area contributed by atoms with Gasteiger partial charge in [-0.3, -0.25) is 0 Å². The molecule has 0 atom stereocenters. The third-order valence-corrected chi connectivity index (χ3v) is 5.56. The first-order valence-electron chi connectivity index (χ1n) is 10.6. The molecule has 3 aliphatic heterocycles. The van der Waals surface area contributed by atoms with Crippen molar-refractivity contribution in [3.05, 3.63) is 0 Å². The Kier molecular flexibility index (Phi) is 6.37. The summed E-state index contributed by atoms with van der Waals surface area (Å²) < 4.78 is 0. The van der Waals surface area contributed by atoms with Crippen molar-refractivity contribution in [1.29, 1.82) is 0 Å². The maximum atomic E-state index is 5.48. The largest absolute Gasteiger partial charge is 0.355 e. The molecule has 0 spiro atoms. The summed E-state index contributed by atoms with van der Waals surface area (Å²) in [5, 5.41) is 12.5. The van der Waals surface area contributed by atoms with E-state index in [1.54, 1.807) is 0 Å². The van der Waals surface area contributed by atoms with E-state index in [1.165, 1.54) is 0 Å². The van der Waals surface area contributed by atoms with Gasteiger partial charge in [0.1, 0.15) is 0 Å². The lowest BCUT2D eigenvalue weighted by Gasteiger charge is -2.15. The molecule has 33 heavy (non-hydrogen) atoms. The maximum Gasteiger partial charge on any atom is 0.355 e. The molecule has 3 aliphatic rings. The van der Waals surface area contributed by atoms with Gasteiger partial charge in [-0.1, -0.05) is 0 Å². The van der Waals surface area contributed by atoms with Gasteiger partial charge < -0.3 is 43.9 Å². The van der Waals surface area contributed by atoms with Crippen molar-refractivity contribution in [2.45, 2.75) is 0 Å². The average Bonchev–Trinajstić information content (AvgIpc) is 3.40. The van der Waals surface area contributed by atoms with Crippen LogP contribution < -0.4 is 14.5 Å². The summed E-state index contributed by atoms with van der Waals surface area (Å²) in [4.78, 5) is 40.7. The first-order chi connectivity index (χ1) is 15.8. The minimum absolute atomic E-state index is 0.0992. The molecule has 0 saturated carbocycles. The summed E-state index contributed by atoms with van der Waals surface area (Å²) in [5.41, 5.74) is 0. The molecule has 0 N–H and O–H groups in total. The van der Waals surface area contributed by atoms with Crippen LogP contribution in [-0.2, 0) is 0 Å². The molecule has 0 unspecified atom stereocenters. The smallest absolute Gasteiger partial charge is 0.341 e. The number of rotatable bonds is 6. The van der Waals surface area contributed by atoms with Crippen LogP contribution in [0.4, 0.5) is 0 Å². The Labute approximate surface area is 192 Å². The Morgan fingerprint density at radius 3 is 0.879 bits per heavy atom. The molecule has 180 valence electrons. The first kappa shape index (κ1) is 22.4. The second kappa shape index (κ2) is 9.38. The van der Waals surface area contributed by atoms with Crippen LogP contribution >= 0.6 is 0 Å². The Morgan fingerprint density at radius 2 is 0.667 bits per heavy atom. The number of nitrogens with zero attached hydrogens (tertiary/aromatic N) is 12. The number of oxime groups is 3. The van der Waals surface area contributed by atoms with Gasteiger partial charge in [0.2, 0.25) is 17.9 Å². The molecule has 0 aromatic carbocycles. The van der Waals surface area contributed by atoms with E-state index in [1.807, 2.05) is 71.7 Å². The average molecular weight is 463 g/mol. The highest BCUT2D eigenvalue weighted by Crippen LogP contribution is 2.17. The van der Waals surface area contributed by atoms with Gasteiger partial charge in [-0.15, -0.1) is 15.0 Å². The predicted molar refractivity (Wildman–Crippen MR) is 120 cm³/mol. The predicted octanol–water partition coefficient (Wildman–Crippen LogP) is -1.55. The molecule has 15 nitrogen and oxygen atoms in total. The number of aromatic nitrogens is 3. The topological polar surface area (TPSA) is 123 Å². The molecule has 4 rings (SSSR count).